The van der Waals surface area contributed by atoms with Gasteiger partial charge in [0.15, 0.2) is 0 Å². The monoisotopic (exact) mass is 373 g/mol. The zero-order chi connectivity index (χ0) is 13.8. The van der Waals surface area contributed by atoms with Gasteiger partial charge in [0.05, 0.1) is 7.11 Å². The molecule has 19 heavy (non-hydrogen) atoms. The van der Waals surface area contributed by atoms with E-state index < -0.39 is 12.0 Å². The zero-order valence-corrected chi connectivity index (χ0v) is 12.8. The van der Waals surface area contributed by atoms with Crippen LogP contribution in [0.15, 0.2) is 24.3 Å². The fourth-order valence-electron chi connectivity index (χ4n) is 1.83. The third-order valence-corrected chi connectivity index (χ3v) is 3.82. The van der Waals surface area contributed by atoms with Crippen molar-refractivity contribution in [2.75, 3.05) is 7.11 Å². The number of ether oxygens (including phenoxy) is 1. The van der Waals surface area contributed by atoms with Crippen molar-refractivity contribution in [1.29, 1.82) is 0 Å². The SMILES string of the molecule is COC(=O)[C@H](Cc1ccc(I)cc1)NC(=O)C1CC1. The maximum Gasteiger partial charge on any atom is 0.328 e. The van der Waals surface area contributed by atoms with E-state index in [0.29, 0.717) is 6.42 Å². The van der Waals surface area contributed by atoms with Gasteiger partial charge in [0, 0.05) is 15.9 Å². The molecule has 5 heteroatoms. The van der Waals surface area contributed by atoms with Crippen molar-refractivity contribution >= 4 is 34.5 Å². The summed E-state index contributed by atoms with van der Waals surface area (Å²) in [6.45, 7) is 0. The molecule has 0 heterocycles. The smallest absolute Gasteiger partial charge is 0.328 e. The maximum absolute atomic E-state index is 11.8. The lowest BCUT2D eigenvalue weighted by atomic mass is 10.1. The number of hydrogen-bond donors (Lipinski definition) is 1. The summed E-state index contributed by atoms with van der Waals surface area (Å²) in [5, 5.41) is 2.78. The van der Waals surface area contributed by atoms with Crippen molar-refractivity contribution in [3.8, 4) is 0 Å². The van der Waals surface area contributed by atoms with Gasteiger partial charge in [-0.3, -0.25) is 4.79 Å². The second-order valence-corrected chi connectivity index (χ2v) is 5.93. The third kappa shape index (κ3) is 4.19. The predicted octanol–water partition coefficient (Wildman–Crippen LogP) is 1.90. The molecule has 1 aromatic rings. The average Bonchev–Trinajstić information content (AvgIpc) is 3.24. The fourth-order valence-corrected chi connectivity index (χ4v) is 2.19. The van der Waals surface area contributed by atoms with Crippen LogP contribution in [0, 0.1) is 9.49 Å². The van der Waals surface area contributed by atoms with Gasteiger partial charge < -0.3 is 10.1 Å². The topological polar surface area (TPSA) is 55.4 Å². The summed E-state index contributed by atoms with van der Waals surface area (Å²) in [5.74, 6) is -0.350. The normalized spacial score (nSPS) is 15.7. The van der Waals surface area contributed by atoms with Crippen LogP contribution in [0.2, 0.25) is 0 Å². The van der Waals surface area contributed by atoms with E-state index in [1.54, 1.807) is 0 Å². The molecule has 1 amide bonds. The molecule has 1 aliphatic carbocycles. The lowest BCUT2D eigenvalue weighted by Gasteiger charge is -2.16. The zero-order valence-electron chi connectivity index (χ0n) is 10.7. The molecule has 0 bridgehead atoms. The standard InChI is InChI=1S/C14H16INO3/c1-19-14(18)12(16-13(17)10-4-5-10)8-9-2-6-11(15)7-3-9/h2-3,6-7,10,12H,4-5,8H2,1H3,(H,16,17)/t12-/m0/s1. The first-order valence-corrected chi connectivity index (χ1v) is 7.30. The molecule has 0 spiro atoms. The quantitative estimate of drug-likeness (QED) is 0.634. The number of rotatable bonds is 5. The van der Waals surface area contributed by atoms with Crippen molar-refractivity contribution in [1.82, 2.24) is 5.32 Å². The van der Waals surface area contributed by atoms with Crippen molar-refractivity contribution in [2.24, 2.45) is 5.92 Å². The number of benzene rings is 1. The van der Waals surface area contributed by atoms with E-state index in [-0.39, 0.29) is 11.8 Å². The first-order valence-electron chi connectivity index (χ1n) is 6.23. The van der Waals surface area contributed by atoms with E-state index in [1.165, 1.54) is 7.11 Å². The molecule has 1 aromatic carbocycles. The van der Waals surface area contributed by atoms with Gasteiger partial charge >= 0.3 is 5.97 Å². The summed E-state index contributed by atoms with van der Waals surface area (Å²) < 4.78 is 5.89. The minimum absolute atomic E-state index is 0.0408. The molecule has 0 aliphatic heterocycles. The minimum Gasteiger partial charge on any atom is -0.467 e. The molecule has 1 atom stereocenters. The highest BCUT2D eigenvalue weighted by atomic mass is 127. The summed E-state index contributed by atoms with van der Waals surface area (Å²) >= 11 is 2.23. The molecular formula is C14H16INO3. The van der Waals surface area contributed by atoms with Crippen LogP contribution in [0.4, 0.5) is 0 Å². The van der Waals surface area contributed by atoms with E-state index in [4.69, 9.17) is 4.74 Å². The van der Waals surface area contributed by atoms with Gasteiger partial charge in [-0.2, -0.15) is 0 Å². The van der Waals surface area contributed by atoms with Crippen LogP contribution >= 0.6 is 22.6 Å². The highest BCUT2D eigenvalue weighted by Gasteiger charge is 2.32. The largest absolute Gasteiger partial charge is 0.467 e. The van der Waals surface area contributed by atoms with Gasteiger partial charge in [-0.1, -0.05) is 12.1 Å². The van der Waals surface area contributed by atoms with Crippen LogP contribution in [0.25, 0.3) is 0 Å². The van der Waals surface area contributed by atoms with Gasteiger partial charge in [0.25, 0.3) is 0 Å². The van der Waals surface area contributed by atoms with Crippen LogP contribution in [-0.4, -0.2) is 25.0 Å². The summed E-state index contributed by atoms with van der Waals surface area (Å²) in [4.78, 5) is 23.5. The number of esters is 1. The van der Waals surface area contributed by atoms with Gasteiger partial charge in [0.2, 0.25) is 5.91 Å². The number of halogens is 1. The molecule has 4 nitrogen and oxygen atoms in total. The Bertz CT molecular complexity index is 468. The van der Waals surface area contributed by atoms with Crippen molar-refractivity contribution in [3.63, 3.8) is 0 Å². The fraction of sp³-hybridized carbons (Fsp3) is 0.429. The first-order chi connectivity index (χ1) is 9.10. The van der Waals surface area contributed by atoms with Gasteiger partial charge in [0.1, 0.15) is 6.04 Å². The average molecular weight is 373 g/mol. The molecule has 1 aliphatic rings. The van der Waals surface area contributed by atoms with E-state index >= 15 is 0 Å². The molecule has 0 unspecified atom stereocenters. The number of hydrogen-bond acceptors (Lipinski definition) is 3. The highest BCUT2D eigenvalue weighted by molar-refractivity contribution is 14.1. The van der Waals surface area contributed by atoms with Crippen LogP contribution in [-0.2, 0) is 20.7 Å². The Hall–Kier alpha value is -1.11. The molecule has 0 aromatic heterocycles. The summed E-state index contributed by atoms with van der Waals surface area (Å²) in [7, 11) is 1.34. The number of carbonyl (C=O) groups is 2. The molecule has 0 saturated heterocycles. The lowest BCUT2D eigenvalue weighted by molar-refractivity contribution is -0.145. The molecule has 1 fully saturated rings. The second kappa shape index (κ2) is 6.36. The number of carbonyl (C=O) groups excluding carboxylic acids is 2. The predicted molar refractivity (Wildman–Crippen MR) is 79.5 cm³/mol. The lowest BCUT2D eigenvalue weighted by Crippen LogP contribution is -2.43. The highest BCUT2D eigenvalue weighted by Crippen LogP contribution is 2.29. The van der Waals surface area contributed by atoms with Crippen LogP contribution in [0.3, 0.4) is 0 Å². The Balaban J connectivity index is 2.02. The molecule has 1 saturated carbocycles. The van der Waals surface area contributed by atoms with Gasteiger partial charge in [-0.15, -0.1) is 0 Å². The Morgan fingerprint density at radius 2 is 2.00 bits per heavy atom. The molecule has 1 N–H and O–H groups in total. The van der Waals surface area contributed by atoms with Crippen LogP contribution in [0.5, 0.6) is 0 Å². The van der Waals surface area contributed by atoms with Gasteiger partial charge in [-0.25, -0.2) is 4.79 Å². The summed E-state index contributed by atoms with van der Waals surface area (Å²) in [6.07, 6.45) is 2.30. The molecule has 102 valence electrons. The second-order valence-electron chi connectivity index (χ2n) is 4.69. The number of amides is 1. The van der Waals surface area contributed by atoms with Crippen molar-refractivity contribution in [2.45, 2.75) is 25.3 Å². The van der Waals surface area contributed by atoms with E-state index in [0.717, 1.165) is 22.0 Å². The van der Waals surface area contributed by atoms with E-state index in [2.05, 4.69) is 27.9 Å². The minimum atomic E-state index is -0.599. The van der Waals surface area contributed by atoms with Crippen molar-refractivity contribution in [3.05, 3.63) is 33.4 Å². The van der Waals surface area contributed by atoms with Crippen molar-refractivity contribution < 1.29 is 14.3 Å². The van der Waals surface area contributed by atoms with E-state index in [1.807, 2.05) is 24.3 Å². The molecule has 0 radical (unpaired) electrons. The summed E-state index contributed by atoms with van der Waals surface area (Å²) in [5.41, 5.74) is 1.01. The van der Waals surface area contributed by atoms with E-state index in [9.17, 15) is 9.59 Å². The van der Waals surface area contributed by atoms with Crippen LogP contribution < -0.4 is 5.32 Å². The van der Waals surface area contributed by atoms with Gasteiger partial charge in [-0.05, 0) is 53.1 Å². The number of nitrogens with one attached hydrogen (secondary N) is 1. The summed E-state index contributed by atoms with van der Waals surface area (Å²) in [6, 6.07) is 7.28. The molecular weight excluding hydrogens is 357 g/mol. The number of methoxy groups -OCH3 is 1. The Morgan fingerprint density at radius 3 is 2.53 bits per heavy atom. The Labute approximate surface area is 126 Å². The Morgan fingerprint density at radius 1 is 1.37 bits per heavy atom. The first kappa shape index (κ1) is 14.3. The molecule has 2 rings (SSSR count). The Kier molecular flexibility index (Phi) is 4.79. The third-order valence-electron chi connectivity index (χ3n) is 3.10. The maximum atomic E-state index is 11.8. The van der Waals surface area contributed by atoms with Crippen LogP contribution in [0.1, 0.15) is 18.4 Å².